The zero-order valence-electron chi connectivity index (χ0n) is 14.0. The van der Waals surface area contributed by atoms with Crippen LogP contribution in [0.25, 0.3) is 0 Å². The summed E-state index contributed by atoms with van der Waals surface area (Å²) < 4.78 is 0. The van der Waals surface area contributed by atoms with Gasteiger partial charge in [0, 0.05) is 17.8 Å². The molecule has 0 N–H and O–H groups in total. The fourth-order valence-electron chi connectivity index (χ4n) is 2.54. The molecule has 1 heterocycles. The number of rotatable bonds is 10. The summed E-state index contributed by atoms with van der Waals surface area (Å²) in [6, 6.07) is 0. The molecule has 0 amide bonds. The Hall–Kier alpha value is -0.920. The molecule has 0 unspecified atom stereocenters. The van der Waals surface area contributed by atoms with E-state index in [1.807, 2.05) is 0 Å². The van der Waals surface area contributed by atoms with Gasteiger partial charge in [0.1, 0.15) is 5.82 Å². The lowest BCUT2D eigenvalue weighted by atomic mass is 9.98. The molecular weight excluding hydrogens is 244 g/mol. The van der Waals surface area contributed by atoms with Gasteiger partial charge in [-0.2, -0.15) is 0 Å². The molecule has 0 aliphatic carbocycles. The summed E-state index contributed by atoms with van der Waals surface area (Å²) in [5.74, 6) is 1.04. The van der Waals surface area contributed by atoms with Gasteiger partial charge < -0.3 is 0 Å². The Kier molecular flexibility index (Phi) is 8.48. The first-order valence-electron chi connectivity index (χ1n) is 8.64. The average Bonchev–Trinajstić information content (AvgIpc) is 2.48. The molecule has 0 aliphatic heterocycles. The highest BCUT2D eigenvalue weighted by Crippen LogP contribution is 2.19. The first-order valence-corrected chi connectivity index (χ1v) is 8.64. The third-order valence-electron chi connectivity index (χ3n) is 3.86. The molecule has 1 aromatic rings. The van der Waals surface area contributed by atoms with E-state index in [0.717, 1.165) is 25.1 Å². The second-order valence-corrected chi connectivity index (χ2v) is 5.68. The van der Waals surface area contributed by atoms with Crippen LogP contribution in [0.15, 0.2) is 0 Å². The van der Waals surface area contributed by atoms with Crippen molar-refractivity contribution in [3.05, 3.63) is 22.8 Å². The predicted molar refractivity (Wildman–Crippen MR) is 87.2 cm³/mol. The topological polar surface area (TPSA) is 25.8 Å². The molecule has 0 radical (unpaired) electrons. The third-order valence-corrected chi connectivity index (χ3v) is 3.86. The Morgan fingerprint density at radius 2 is 1.10 bits per heavy atom. The smallest absolute Gasteiger partial charge is 0.128 e. The van der Waals surface area contributed by atoms with E-state index < -0.39 is 0 Å². The van der Waals surface area contributed by atoms with Crippen LogP contribution in [0, 0.1) is 0 Å². The quantitative estimate of drug-likeness (QED) is 0.596. The van der Waals surface area contributed by atoms with Crippen molar-refractivity contribution in [1.29, 1.82) is 0 Å². The maximum absolute atomic E-state index is 4.84. The van der Waals surface area contributed by atoms with Crippen LogP contribution >= 0.6 is 0 Å². The fraction of sp³-hybridized carbons (Fsp3) is 0.778. The van der Waals surface area contributed by atoms with Crippen LogP contribution in [0.1, 0.15) is 89.0 Å². The summed E-state index contributed by atoms with van der Waals surface area (Å²) in [7, 11) is 0. The van der Waals surface area contributed by atoms with Gasteiger partial charge in [0.2, 0.25) is 0 Å². The van der Waals surface area contributed by atoms with Crippen molar-refractivity contribution in [3.8, 4) is 0 Å². The molecule has 0 aliphatic rings. The van der Waals surface area contributed by atoms with Gasteiger partial charge in [-0.15, -0.1) is 0 Å². The van der Waals surface area contributed by atoms with Crippen LogP contribution < -0.4 is 0 Å². The zero-order chi connectivity index (χ0) is 14.8. The summed E-state index contributed by atoms with van der Waals surface area (Å²) in [4.78, 5) is 9.68. The Labute approximate surface area is 125 Å². The standard InChI is InChI=1S/C18H32N2/c1-5-9-12-15-16(13-10-6-2)19-18(8-4)20-17(15)14-11-7-3/h5-14H2,1-4H3. The van der Waals surface area contributed by atoms with E-state index >= 15 is 0 Å². The number of unbranched alkanes of at least 4 members (excludes halogenated alkanes) is 3. The zero-order valence-corrected chi connectivity index (χ0v) is 14.0. The van der Waals surface area contributed by atoms with Crippen molar-refractivity contribution in [1.82, 2.24) is 9.97 Å². The maximum Gasteiger partial charge on any atom is 0.128 e. The van der Waals surface area contributed by atoms with E-state index in [-0.39, 0.29) is 0 Å². The first kappa shape index (κ1) is 17.1. The second kappa shape index (κ2) is 9.90. The lowest BCUT2D eigenvalue weighted by Gasteiger charge is -2.15. The van der Waals surface area contributed by atoms with E-state index in [1.54, 1.807) is 0 Å². The molecule has 0 bridgehead atoms. The fourth-order valence-corrected chi connectivity index (χ4v) is 2.54. The molecule has 0 saturated carbocycles. The minimum atomic E-state index is 0.951. The van der Waals surface area contributed by atoms with Gasteiger partial charge in [-0.05, 0) is 44.1 Å². The molecule has 20 heavy (non-hydrogen) atoms. The van der Waals surface area contributed by atoms with Crippen molar-refractivity contribution in [2.75, 3.05) is 0 Å². The molecule has 1 rings (SSSR count). The van der Waals surface area contributed by atoms with Crippen LogP contribution in [0.5, 0.6) is 0 Å². The monoisotopic (exact) mass is 276 g/mol. The van der Waals surface area contributed by atoms with Crippen LogP contribution in [-0.2, 0) is 25.7 Å². The summed E-state index contributed by atoms with van der Waals surface area (Å²) in [6.07, 6.45) is 11.8. The summed E-state index contributed by atoms with van der Waals surface area (Å²) in [5, 5.41) is 0. The molecule has 2 nitrogen and oxygen atoms in total. The Balaban J connectivity index is 3.06. The van der Waals surface area contributed by atoms with E-state index in [2.05, 4.69) is 27.7 Å². The number of hydrogen-bond acceptors (Lipinski definition) is 2. The molecule has 0 spiro atoms. The van der Waals surface area contributed by atoms with Gasteiger partial charge in [0.15, 0.2) is 0 Å². The lowest BCUT2D eigenvalue weighted by Crippen LogP contribution is -2.10. The normalized spacial score (nSPS) is 11.0. The van der Waals surface area contributed by atoms with Gasteiger partial charge in [0.05, 0.1) is 0 Å². The molecular formula is C18H32N2. The van der Waals surface area contributed by atoms with Gasteiger partial charge in [-0.3, -0.25) is 0 Å². The predicted octanol–water partition coefficient (Wildman–Crippen LogP) is 5.07. The molecule has 114 valence electrons. The molecule has 0 fully saturated rings. The minimum absolute atomic E-state index is 0.951. The molecule has 2 heteroatoms. The van der Waals surface area contributed by atoms with Crippen molar-refractivity contribution >= 4 is 0 Å². The van der Waals surface area contributed by atoms with Gasteiger partial charge in [-0.1, -0.05) is 47.0 Å². The van der Waals surface area contributed by atoms with Crippen molar-refractivity contribution in [2.45, 2.75) is 91.9 Å². The second-order valence-electron chi connectivity index (χ2n) is 5.68. The van der Waals surface area contributed by atoms with Gasteiger partial charge >= 0.3 is 0 Å². The molecule has 0 aromatic carbocycles. The van der Waals surface area contributed by atoms with Crippen LogP contribution in [0.2, 0.25) is 0 Å². The first-order chi connectivity index (χ1) is 9.76. The highest BCUT2D eigenvalue weighted by molar-refractivity contribution is 5.27. The number of nitrogens with zero attached hydrogens (tertiary/aromatic N) is 2. The van der Waals surface area contributed by atoms with E-state index in [4.69, 9.17) is 9.97 Å². The van der Waals surface area contributed by atoms with E-state index in [0.29, 0.717) is 0 Å². The van der Waals surface area contributed by atoms with Crippen molar-refractivity contribution in [3.63, 3.8) is 0 Å². The molecule has 0 saturated heterocycles. The molecule has 0 atom stereocenters. The summed E-state index contributed by atoms with van der Waals surface area (Å²) >= 11 is 0. The Morgan fingerprint density at radius 3 is 1.50 bits per heavy atom. The minimum Gasteiger partial charge on any atom is -0.238 e. The largest absolute Gasteiger partial charge is 0.238 e. The lowest BCUT2D eigenvalue weighted by molar-refractivity contribution is 0.689. The third kappa shape index (κ3) is 5.22. The van der Waals surface area contributed by atoms with Crippen LogP contribution in [0.3, 0.4) is 0 Å². The van der Waals surface area contributed by atoms with E-state index in [1.165, 1.54) is 61.9 Å². The maximum atomic E-state index is 4.84. The average molecular weight is 276 g/mol. The Morgan fingerprint density at radius 1 is 0.650 bits per heavy atom. The molecule has 1 aromatic heterocycles. The highest BCUT2D eigenvalue weighted by atomic mass is 14.9. The van der Waals surface area contributed by atoms with Gasteiger partial charge in [0.25, 0.3) is 0 Å². The SMILES string of the molecule is CCCCc1nc(CC)nc(CCCC)c1CCCC. The van der Waals surface area contributed by atoms with Crippen molar-refractivity contribution in [2.24, 2.45) is 0 Å². The number of aryl methyl sites for hydroxylation is 3. The number of hydrogen-bond donors (Lipinski definition) is 0. The highest BCUT2D eigenvalue weighted by Gasteiger charge is 2.13. The van der Waals surface area contributed by atoms with Crippen LogP contribution in [0.4, 0.5) is 0 Å². The summed E-state index contributed by atoms with van der Waals surface area (Å²) in [6.45, 7) is 8.93. The number of aromatic nitrogens is 2. The Bertz CT molecular complexity index is 356. The van der Waals surface area contributed by atoms with Gasteiger partial charge in [-0.25, -0.2) is 9.97 Å². The van der Waals surface area contributed by atoms with Crippen LogP contribution in [-0.4, -0.2) is 9.97 Å². The summed E-state index contributed by atoms with van der Waals surface area (Å²) in [5.41, 5.74) is 4.17. The van der Waals surface area contributed by atoms with Crippen molar-refractivity contribution < 1.29 is 0 Å². The van der Waals surface area contributed by atoms with E-state index in [9.17, 15) is 0 Å².